The molecule has 7 heteroatoms. The second-order valence-electron chi connectivity index (χ2n) is 5.74. The molecule has 1 aliphatic heterocycles. The number of nitrogens with zero attached hydrogens (tertiary/aromatic N) is 3. The molecule has 0 spiro atoms. The van der Waals surface area contributed by atoms with Gasteiger partial charge in [0.1, 0.15) is 11.8 Å². The lowest BCUT2D eigenvalue weighted by atomic mass is 10.2. The van der Waals surface area contributed by atoms with E-state index < -0.39 is 10.0 Å². The van der Waals surface area contributed by atoms with Crippen LogP contribution < -0.4 is 10.2 Å². The zero-order valence-electron chi connectivity index (χ0n) is 13.1. The van der Waals surface area contributed by atoms with E-state index in [1.807, 2.05) is 12.1 Å². The van der Waals surface area contributed by atoms with E-state index in [1.165, 1.54) is 10.3 Å². The van der Waals surface area contributed by atoms with Gasteiger partial charge in [-0.25, -0.2) is 17.4 Å². The fourth-order valence-electron chi connectivity index (χ4n) is 3.06. The summed E-state index contributed by atoms with van der Waals surface area (Å²) < 4.78 is 27.1. The van der Waals surface area contributed by atoms with Gasteiger partial charge in [0.2, 0.25) is 0 Å². The molecule has 3 aromatic rings. The molecule has 2 heterocycles. The van der Waals surface area contributed by atoms with Crippen molar-refractivity contribution >= 4 is 26.7 Å². The van der Waals surface area contributed by atoms with Crippen LogP contribution >= 0.6 is 0 Å². The molecule has 1 aromatic heterocycles. The first kappa shape index (κ1) is 15.2. The van der Waals surface area contributed by atoms with Crippen LogP contribution in [0.3, 0.4) is 0 Å². The molecule has 1 N–H and O–H groups in total. The van der Waals surface area contributed by atoms with Gasteiger partial charge in [-0.05, 0) is 24.3 Å². The topological polar surface area (TPSA) is 67.2 Å². The third-order valence-electron chi connectivity index (χ3n) is 4.28. The van der Waals surface area contributed by atoms with Gasteiger partial charge >= 0.3 is 0 Å². The van der Waals surface area contributed by atoms with E-state index >= 15 is 0 Å². The average molecular weight is 342 g/mol. The Balaban J connectivity index is 1.84. The van der Waals surface area contributed by atoms with Crippen molar-refractivity contribution in [3.8, 4) is 0 Å². The first-order valence-corrected chi connectivity index (χ1v) is 9.34. The lowest BCUT2D eigenvalue weighted by molar-refractivity contribution is 0.588. The summed E-state index contributed by atoms with van der Waals surface area (Å²) in [7, 11) is -3.65. The molecule has 0 amide bonds. The molecule has 6 nitrogen and oxygen atoms in total. The third kappa shape index (κ3) is 2.46. The molecule has 0 bridgehead atoms. The lowest BCUT2D eigenvalue weighted by Crippen LogP contribution is -2.43. The largest absolute Gasteiger partial charge is 0.367 e. The smallest absolute Gasteiger partial charge is 0.269 e. The van der Waals surface area contributed by atoms with Gasteiger partial charge in [-0.3, -0.25) is 0 Å². The third-order valence-corrected chi connectivity index (χ3v) is 5.96. The molecule has 0 unspecified atom stereocenters. The summed E-state index contributed by atoms with van der Waals surface area (Å²) in [5.74, 6) is 0. The van der Waals surface area contributed by atoms with Gasteiger partial charge in [0, 0.05) is 26.2 Å². The molecule has 0 radical (unpaired) electrons. The Hall–Kier alpha value is -2.38. The van der Waals surface area contributed by atoms with Gasteiger partial charge in [0.25, 0.3) is 10.0 Å². The van der Waals surface area contributed by atoms with Crippen LogP contribution in [0.15, 0.2) is 59.8 Å². The van der Waals surface area contributed by atoms with Crippen molar-refractivity contribution in [1.29, 1.82) is 0 Å². The second kappa shape index (κ2) is 5.92. The standard InChI is InChI=1S/C17H18N4O2S/c22-24(23,14-5-2-1-3-6-14)21-13-19-17-15(7-4-8-16(17)21)20-11-9-18-10-12-20/h1-8,13,18H,9-12H2. The average Bonchev–Trinajstić information content (AvgIpc) is 3.08. The second-order valence-corrected chi connectivity index (χ2v) is 7.56. The number of hydrogen-bond acceptors (Lipinski definition) is 5. The monoisotopic (exact) mass is 342 g/mol. The summed E-state index contributed by atoms with van der Waals surface area (Å²) in [6.45, 7) is 3.60. The summed E-state index contributed by atoms with van der Waals surface area (Å²) >= 11 is 0. The highest BCUT2D eigenvalue weighted by molar-refractivity contribution is 7.90. The Morgan fingerprint density at radius 2 is 1.71 bits per heavy atom. The van der Waals surface area contributed by atoms with E-state index in [2.05, 4.69) is 15.2 Å². The van der Waals surface area contributed by atoms with Gasteiger partial charge in [-0.1, -0.05) is 24.3 Å². The number of benzene rings is 2. The SMILES string of the molecule is O=S(=O)(c1ccccc1)n1cnc2c(N3CCNCC3)cccc21. The van der Waals surface area contributed by atoms with Crippen molar-refractivity contribution in [2.24, 2.45) is 0 Å². The number of imidazole rings is 1. The van der Waals surface area contributed by atoms with Crippen LogP contribution in [-0.4, -0.2) is 43.6 Å². The van der Waals surface area contributed by atoms with E-state index in [4.69, 9.17) is 0 Å². The van der Waals surface area contributed by atoms with Crippen molar-refractivity contribution in [3.63, 3.8) is 0 Å². The summed E-state index contributed by atoms with van der Waals surface area (Å²) in [5, 5.41) is 3.32. The number of fused-ring (bicyclic) bond motifs is 1. The number of hydrogen-bond donors (Lipinski definition) is 1. The van der Waals surface area contributed by atoms with E-state index in [-0.39, 0.29) is 4.90 Å². The number of aromatic nitrogens is 2. The number of rotatable bonds is 3. The zero-order chi connectivity index (χ0) is 16.6. The summed E-state index contributed by atoms with van der Waals surface area (Å²) in [4.78, 5) is 6.91. The first-order valence-electron chi connectivity index (χ1n) is 7.90. The maximum atomic E-state index is 12.9. The van der Waals surface area contributed by atoms with Gasteiger partial charge in [-0.2, -0.15) is 0 Å². The minimum Gasteiger partial charge on any atom is -0.367 e. The van der Waals surface area contributed by atoms with E-state index in [0.717, 1.165) is 37.4 Å². The molecule has 1 saturated heterocycles. The van der Waals surface area contributed by atoms with Crippen molar-refractivity contribution in [2.45, 2.75) is 4.90 Å². The highest BCUT2D eigenvalue weighted by atomic mass is 32.2. The Bertz CT molecular complexity index is 961. The molecular formula is C17H18N4O2S. The van der Waals surface area contributed by atoms with Crippen LogP contribution in [-0.2, 0) is 10.0 Å². The molecule has 24 heavy (non-hydrogen) atoms. The Morgan fingerprint density at radius 1 is 0.958 bits per heavy atom. The van der Waals surface area contributed by atoms with Crippen LogP contribution in [0.2, 0.25) is 0 Å². The number of anilines is 1. The Kier molecular flexibility index (Phi) is 3.74. The van der Waals surface area contributed by atoms with Crippen molar-refractivity contribution in [2.75, 3.05) is 31.1 Å². The van der Waals surface area contributed by atoms with E-state index in [1.54, 1.807) is 36.4 Å². The van der Waals surface area contributed by atoms with Crippen LogP contribution in [0.1, 0.15) is 0 Å². The Labute approximate surface area is 140 Å². The number of para-hydroxylation sites is 1. The molecule has 1 fully saturated rings. The highest BCUT2D eigenvalue weighted by Crippen LogP contribution is 2.28. The van der Waals surface area contributed by atoms with Gasteiger partial charge in [0.05, 0.1) is 16.1 Å². The molecule has 0 atom stereocenters. The van der Waals surface area contributed by atoms with Crippen molar-refractivity contribution in [1.82, 2.24) is 14.3 Å². The summed E-state index contributed by atoms with van der Waals surface area (Å²) in [5.41, 5.74) is 2.31. The van der Waals surface area contributed by atoms with Gasteiger partial charge in [-0.15, -0.1) is 0 Å². The van der Waals surface area contributed by atoms with E-state index in [0.29, 0.717) is 5.52 Å². The van der Waals surface area contributed by atoms with E-state index in [9.17, 15) is 8.42 Å². The molecule has 0 aliphatic carbocycles. The number of piperazine rings is 1. The molecule has 0 saturated carbocycles. The fourth-order valence-corrected chi connectivity index (χ4v) is 4.37. The molecule has 124 valence electrons. The van der Waals surface area contributed by atoms with Gasteiger partial charge in [0.15, 0.2) is 0 Å². The predicted molar refractivity (Wildman–Crippen MR) is 93.8 cm³/mol. The van der Waals surface area contributed by atoms with Crippen LogP contribution in [0, 0.1) is 0 Å². The maximum Gasteiger partial charge on any atom is 0.269 e. The van der Waals surface area contributed by atoms with Gasteiger partial charge < -0.3 is 10.2 Å². The van der Waals surface area contributed by atoms with Crippen LogP contribution in [0.5, 0.6) is 0 Å². The quantitative estimate of drug-likeness (QED) is 0.784. The summed E-state index contributed by atoms with van der Waals surface area (Å²) in [6, 6.07) is 14.1. The maximum absolute atomic E-state index is 12.9. The lowest BCUT2D eigenvalue weighted by Gasteiger charge is -2.29. The normalized spacial score (nSPS) is 15.8. The minimum absolute atomic E-state index is 0.261. The molecule has 1 aliphatic rings. The molecule has 2 aromatic carbocycles. The van der Waals surface area contributed by atoms with Crippen LogP contribution in [0.25, 0.3) is 11.0 Å². The van der Waals surface area contributed by atoms with Crippen LogP contribution in [0.4, 0.5) is 5.69 Å². The predicted octanol–water partition coefficient (Wildman–Crippen LogP) is 1.68. The first-order chi connectivity index (χ1) is 11.7. The molecule has 4 rings (SSSR count). The minimum atomic E-state index is -3.65. The molecular weight excluding hydrogens is 324 g/mol. The summed E-state index contributed by atoms with van der Waals surface area (Å²) in [6.07, 6.45) is 1.40. The Morgan fingerprint density at radius 3 is 2.46 bits per heavy atom. The number of nitrogens with one attached hydrogen (secondary N) is 1. The highest BCUT2D eigenvalue weighted by Gasteiger charge is 2.22. The fraction of sp³-hybridized carbons (Fsp3) is 0.235. The van der Waals surface area contributed by atoms with Crippen molar-refractivity contribution < 1.29 is 8.42 Å². The zero-order valence-corrected chi connectivity index (χ0v) is 13.9. The van der Waals surface area contributed by atoms with Crippen molar-refractivity contribution in [3.05, 3.63) is 54.9 Å².